The number of ether oxygens (including phenoxy) is 2. The second kappa shape index (κ2) is 6.64. The Morgan fingerprint density at radius 1 is 1.17 bits per heavy atom. The van der Waals surface area contributed by atoms with Crippen LogP contribution < -0.4 is 14.8 Å². The quantitative estimate of drug-likeness (QED) is 0.840. The van der Waals surface area contributed by atoms with Gasteiger partial charge in [0.25, 0.3) is 0 Å². The minimum absolute atomic E-state index is 0.660. The smallest absolute Gasteiger partial charge is 0.161 e. The summed E-state index contributed by atoms with van der Waals surface area (Å²) in [5.41, 5.74) is 1.34. The standard InChI is InChI=1S/C15H23NO2/c1-12(7-8-16-2)3-4-13-5-6-14-15(11-13)18-10-9-17-14/h5-6,11-12,16H,3-4,7-10H2,1-2H3. The van der Waals surface area contributed by atoms with Crippen LogP contribution in [0.4, 0.5) is 0 Å². The molecule has 0 amide bonds. The molecule has 1 aromatic carbocycles. The largest absolute Gasteiger partial charge is 0.486 e. The van der Waals surface area contributed by atoms with E-state index in [0.29, 0.717) is 13.2 Å². The van der Waals surface area contributed by atoms with Crippen LogP contribution in [-0.2, 0) is 6.42 Å². The summed E-state index contributed by atoms with van der Waals surface area (Å²) in [6.45, 7) is 4.74. The molecule has 100 valence electrons. The van der Waals surface area contributed by atoms with Crippen molar-refractivity contribution in [2.45, 2.75) is 26.2 Å². The molecule has 0 spiro atoms. The van der Waals surface area contributed by atoms with Gasteiger partial charge < -0.3 is 14.8 Å². The van der Waals surface area contributed by atoms with Gasteiger partial charge in [0, 0.05) is 0 Å². The molecule has 1 aliphatic heterocycles. The Morgan fingerprint density at radius 2 is 1.94 bits per heavy atom. The molecule has 1 unspecified atom stereocenters. The average Bonchev–Trinajstić information content (AvgIpc) is 2.42. The molecule has 1 N–H and O–H groups in total. The third kappa shape index (κ3) is 3.64. The predicted octanol–water partition coefficient (Wildman–Crippen LogP) is 2.64. The molecule has 0 radical (unpaired) electrons. The number of benzene rings is 1. The molecule has 3 heteroatoms. The first kappa shape index (κ1) is 13.2. The van der Waals surface area contributed by atoms with Crippen molar-refractivity contribution >= 4 is 0 Å². The Hall–Kier alpha value is -1.22. The lowest BCUT2D eigenvalue weighted by atomic mass is 9.98. The maximum absolute atomic E-state index is 5.60. The van der Waals surface area contributed by atoms with Gasteiger partial charge in [0.05, 0.1) is 0 Å². The minimum atomic E-state index is 0.660. The van der Waals surface area contributed by atoms with Gasteiger partial charge in [-0.1, -0.05) is 13.0 Å². The van der Waals surface area contributed by atoms with Crippen LogP contribution in [0.3, 0.4) is 0 Å². The van der Waals surface area contributed by atoms with Gasteiger partial charge in [0.2, 0.25) is 0 Å². The van der Waals surface area contributed by atoms with Gasteiger partial charge in [0.1, 0.15) is 13.2 Å². The average molecular weight is 249 g/mol. The molecule has 0 saturated heterocycles. The van der Waals surface area contributed by atoms with Crippen molar-refractivity contribution in [2.24, 2.45) is 5.92 Å². The zero-order chi connectivity index (χ0) is 12.8. The number of rotatable bonds is 6. The molecular formula is C15H23NO2. The second-order valence-corrected chi connectivity index (χ2v) is 5.01. The van der Waals surface area contributed by atoms with Crippen LogP contribution in [0.5, 0.6) is 11.5 Å². The normalized spacial score (nSPS) is 15.4. The predicted molar refractivity (Wildman–Crippen MR) is 73.5 cm³/mol. The van der Waals surface area contributed by atoms with Crippen LogP contribution in [0.25, 0.3) is 0 Å². The summed E-state index contributed by atoms with van der Waals surface area (Å²) >= 11 is 0. The lowest BCUT2D eigenvalue weighted by molar-refractivity contribution is 0.171. The van der Waals surface area contributed by atoms with Crippen molar-refractivity contribution in [2.75, 3.05) is 26.8 Å². The maximum atomic E-state index is 5.60. The van der Waals surface area contributed by atoms with Crippen molar-refractivity contribution in [1.82, 2.24) is 5.32 Å². The van der Waals surface area contributed by atoms with Gasteiger partial charge in [-0.25, -0.2) is 0 Å². The van der Waals surface area contributed by atoms with Gasteiger partial charge in [0.15, 0.2) is 11.5 Å². The summed E-state index contributed by atoms with van der Waals surface area (Å²) in [4.78, 5) is 0. The number of nitrogens with one attached hydrogen (secondary N) is 1. The van der Waals surface area contributed by atoms with E-state index in [4.69, 9.17) is 9.47 Å². The summed E-state index contributed by atoms with van der Waals surface area (Å²) < 4.78 is 11.1. The van der Waals surface area contributed by atoms with Crippen molar-refractivity contribution in [3.05, 3.63) is 23.8 Å². The van der Waals surface area contributed by atoms with Gasteiger partial charge in [-0.15, -0.1) is 0 Å². The minimum Gasteiger partial charge on any atom is -0.486 e. The van der Waals surface area contributed by atoms with E-state index < -0.39 is 0 Å². The molecule has 0 aromatic heterocycles. The summed E-state index contributed by atoms with van der Waals surface area (Å²) in [5.74, 6) is 2.54. The van der Waals surface area contributed by atoms with E-state index in [0.717, 1.165) is 30.4 Å². The molecule has 0 fully saturated rings. The molecule has 18 heavy (non-hydrogen) atoms. The van der Waals surface area contributed by atoms with E-state index in [1.54, 1.807) is 0 Å². The van der Waals surface area contributed by atoms with E-state index in [-0.39, 0.29) is 0 Å². The fourth-order valence-electron chi connectivity index (χ4n) is 2.19. The van der Waals surface area contributed by atoms with Crippen LogP contribution in [0, 0.1) is 5.92 Å². The Labute approximate surface area is 109 Å². The molecule has 0 aliphatic carbocycles. The summed E-state index contributed by atoms with van der Waals surface area (Å²) in [6, 6.07) is 6.31. The zero-order valence-corrected chi connectivity index (χ0v) is 11.4. The molecule has 3 nitrogen and oxygen atoms in total. The highest BCUT2D eigenvalue weighted by atomic mass is 16.6. The third-order valence-electron chi connectivity index (χ3n) is 3.42. The van der Waals surface area contributed by atoms with Crippen LogP contribution in [0.2, 0.25) is 0 Å². The molecule has 1 atom stereocenters. The lowest BCUT2D eigenvalue weighted by Crippen LogP contribution is -2.15. The Kier molecular flexibility index (Phi) is 4.88. The van der Waals surface area contributed by atoms with E-state index >= 15 is 0 Å². The number of hydrogen-bond acceptors (Lipinski definition) is 3. The fraction of sp³-hybridized carbons (Fsp3) is 0.600. The summed E-state index contributed by atoms with van der Waals surface area (Å²) in [6.07, 6.45) is 3.57. The summed E-state index contributed by atoms with van der Waals surface area (Å²) in [7, 11) is 2.01. The highest BCUT2D eigenvalue weighted by Crippen LogP contribution is 2.31. The fourth-order valence-corrected chi connectivity index (χ4v) is 2.19. The number of hydrogen-bond donors (Lipinski definition) is 1. The molecule has 2 rings (SSSR count). The first-order valence-electron chi connectivity index (χ1n) is 6.82. The zero-order valence-electron chi connectivity index (χ0n) is 11.4. The third-order valence-corrected chi connectivity index (χ3v) is 3.42. The van der Waals surface area contributed by atoms with Crippen LogP contribution in [0.1, 0.15) is 25.3 Å². The molecule has 0 bridgehead atoms. The van der Waals surface area contributed by atoms with Crippen LogP contribution in [-0.4, -0.2) is 26.8 Å². The van der Waals surface area contributed by atoms with Gasteiger partial charge in [-0.05, 0) is 56.5 Å². The van der Waals surface area contributed by atoms with Crippen molar-refractivity contribution < 1.29 is 9.47 Å². The van der Waals surface area contributed by atoms with E-state index in [9.17, 15) is 0 Å². The van der Waals surface area contributed by atoms with Crippen LogP contribution >= 0.6 is 0 Å². The number of aryl methyl sites for hydroxylation is 1. The maximum Gasteiger partial charge on any atom is 0.161 e. The van der Waals surface area contributed by atoms with E-state index in [1.165, 1.54) is 18.4 Å². The van der Waals surface area contributed by atoms with Gasteiger partial charge >= 0.3 is 0 Å². The Morgan fingerprint density at radius 3 is 2.72 bits per heavy atom. The molecule has 0 saturated carbocycles. The molecule has 1 heterocycles. The summed E-state index contributed by atoms with van der Waals surface area (Å²) in [5, 5.41) is 3.20. The monoisotopic (exact) mass is 249 g/mol. The number of fused-ring (bicyclic) bond motifs is 1. The Bertz CT molecular complexity index is 379. The molecule has 1 aromatic rings. The first-order chi connectivity index (χ1) is 8.79. The molecule has 1 aliphatic rings. The van der Waals surface area contributed by atoms with Crippen molar-refractivity contribution in [3.63, 3.8) is 0 Å². The van der Waals surface area contributed by atoms with Crippen molar-refractivity contribution in [1.29, 1.82) is 0 Å². The SMILES string of the molecule is CNCCC(C)CCc1ccc2c(c1)OCCO2. The topological polar surface area (TPSA) is 30.5 Å². The Balaban J connectivity index is 1.86. The van der Waals surface area contributed by atoms with E-state index in [2.05, 4.69) is 24.4 Å². The van der Waals surface area contributed by atoms with Crippen molar-refractivity contribution in [3.8, 4) is 11.5 Å². The highest BCUT2D eigenvalue weighted by molar-refractivity contribution is 5.43. The lowest BCUT2D eigenvalue weighted by Gasteiger charge is -2.19. The molecular weight excluding hydrogens is 226 g/mol. The van der Waals surface area contributed by atoms with E-state index in [1.807, 2.05) is 13.1 Å². The van der Waals surface area contributed by atoms with Gasteiger partial charge in [-0.2, -0.15) is 0 Å². The first-order valence-corrected chi connectivity index (χ1v) is 6.82. The second-order valence-electron chi connectivity index (χ2n) is 5.01. The van der Waals surface area contributed by atoms with Gasteiger partial charge in [-0.3, -0.25) is 0 Å². The highest BCUT2D eigenvalue weighted by Gasteiger charge is 2.12. The van der Waals surface area contributed by atoms with Crippen LogP contribution in [0.15, 0.2) is 18.2 Å².